The van der Waals surface area contributed by atoms with Crippen LogP contribution < -0.4 is 9.47 Å². The molecule has 0 saturated carbocycles. The Kier molecular flexibility index (Phi) is 4.74. The summed E-state index contributed by atoms with van der Waals surface area (Å²) in [5, 5.41) is 0. The maximum absolute atomic E-state index is 13.0. The quantitative estimate of drug-likeness (QED) is 0.853. The Morgan fingerprint density at radius 2 is 1.83 bits per heavy atom. The van der Waals surface area contributed by atoms with Crippen LogP contribution in [0.25, 0.3) is 0 Å². The van der Waals surface area contributed by atoms with Crippen molar-refractivity contribution in [2.24, 2.45) is 0 Å². The summed E-state index contributed by atoms with van der Waals surface area (Å²) < 4.78 is 10.6. The van der Waals surface area contributed by atoms with Crippen LogP contribution >= 0.6 is 0 Å². The Hall–Kier alpha value is -2.49. The molecule has 1 unspecified atom stereocenters. The molecule has 2 aromatic carbocycles. The number of nitrogens with zero attached hydrogens (tertiary/aromatic N) is 1. The van der Waals surface area contributed by atoms with Crippen molar-refractivity contribution in [3.63, 3.8) is 0 Å². The first-order valence-corrected chi connectivity index (χ1v) is 8.24. The molecule has 0 spiro atoms. The van der Waals surface area contributed by atoms with E-state index < -0.39 is 0 Å². The minimum Gasteiger partial charge on any atom is -0.493 e. The first-order valence-electron chi connectivity index (χ1n) is 8.24. The summed E-state index contributed by atoms with van der Waals surface area (Å²) in [5.74, 6) is 1.25. The van der Waals surface area contributed by atoms with Crippen LogP contribution in [-0.4, -0.2) is 31.6 Å². The van der Waals surface area contributed by atoms with Gasteiger partial charge in [0.1, 0.15) is 0 Å². The van der Waals surface area contributed by atoms with Crippen LogP contribution in [0.4, 0.5) is 0 Å². The number of carbonyl (C=O) groups is 1. The Balaban J connectivity index is 1.90. The summed E-state index contributed by atoms with van der Waals surface area (Å²) in [6, 6.07) is 13.8. The fraction of sp³-hybridized carbons (Fsp3) is 0.350. The number of likely N-dealkylation sites (tertiary alicyclic amines) is 1. The zero-order valence-electron chi connectivity index (χ0n) is 14.4. The van der Waals surface area contributed by atoms with Crippen LogP contribution in [0.1, 0.15) is 40.4 Å². The molecule has 0 bridgehead atoms. The molecule has 1 amide bonds. The molecule has 1 heterocycles. The van der Waals surface area contributed by atoms with E-state index in [9.17, 15) is 4.79 Å². The lowest BCUT2D eigenvalue weighted by Crippen LogP contribution is -2.30. The molecule has 0 aliphatic carbocycles. The number of carbonyl (C=O) groups excluding carboxylic acids is 1. The standard InChI is InChI=1S/C20H23NO3/c1-14-7-4-5-8-16(14)17-9-6-12-21(17)20(22)15-10-11-18(23-2)19(13-15)24-3/h4-5,7-8,10-11,13,17H,6,9,12H2,1-3H3. The lowest BCUT2D eigenvalue weighted by atomic mass is 9.99. The van der Waals surface area contributed by atoms with Crippen molar-refractivity contribution in [3.05, 3.63) is 59.2 Å². The van der Waals surface area contributed by atoms with Gasteiger partial charge in [-0.25, -0.2) is 0 Å². The summed E-state index contributed by atoms with van der Waals surface area (Å²) in [4.78, 5) is 15.0. The summed E-state index contributed by atoms with van der Waals surface area (Å²) in [7, 11) is 3.17. The minimum atomic E-state index is 0.0432. The first-order chi connectivity index (χ1) is 11.7. The second-order valence-electron chi connectivity index (χ2n) is 6.08. The van der Waals surface area contributed by atoms with E-state index in [-0.39, 0.29) is 11.9 Å². The van der Waals surface area contributed by atoms with E-state index in [1.165, 1.54) is 11.1 Å². The molecule has 0 aromatic heterocycles. The van der Waals surface area contributed by atoms with Gasteiger partial charge in [-0.2, -0.15) is 0 Å². The van der Waals surface area contributed by atoms with Crippen molar-refractivity contribution in [2.75, 3.05) is 20.8 Å². The topological polar surface area (TPSA) is 38.8 Å². The number of amides is 1. The van der Waals surface area contributed by atoms with Crippen LogP contribution in [0, 0.1) is 6.92 Å². The lowest BCUT2D eigenvalue weighted by molar-refractivity contribution is 0.0735. The van der Waals surface area contributed by atoms with E-state index in [2.05, 4.69) is 19.1 Å². The first kappa shape index (κ1) is 16.4. The van der Waals surface area contributed by atoms with Crippen LogP contribution in [0.2, 0.25) is 0 Å². The Morgan fingerprint density at radius 1 is 1.08 bits per heavy atom. The third kappa shape index (κ3) is 2.96. The highest BCUT2D eigenvalue weighted by molar-refractivity contribution is 5.95. The number of rotatable bonds is 4. The molecule has 0 N–H and O–H groups in total. The van der Waals surface area contributed by atoms with Crippen LogP contribution in [0.15, 0.2) is 42.5 Å². The second-order valence-corrected chi connectivity index (χ2v) is 6.08. The zero-order chi connectivity index (χ0) is 17.1. The van der Waals surface area contributed by atoms with E-state index in [1.54, 1.807) is 32.4 Å². The van der Waals surface area contributed by atoms with Gasteiger partial charge in [0.15, 0.2) is 11.5 Å². The maximum atomic E-state index is 13.0. The van der Waals surface area contributed by atoms with Crippen molar-refractivity contribution in [2.45, 2.75) is 25.8 Å². The molecule has 126 valence electrons. The van der Waals surface area contributed by atoms with Crippen LogP contribution in [-0.2, 0) is 0 Å². The van der Waals surface area contributed by atoms with Crippen molar-refractivity contribution in [1.29, 1.82) is 0 Å². The summed E-state index contributed by atoms with van der Waals surface area (Å²) >= 11 is 0. The van der Waals surface area contributed by atoms with Gasteiger partial charge in [0, 0.05) is 12.1 Å². The zero-order valence-corrected chi connectivity index (χ0v) is 14.4. The van der Waals surface area contributed by atoms with E-state index in [4.69, 9.17) is 9.47 Å². The third-order valence-corrected chi connectivity index (χ3v) is 4.69. The molecule has 4 heteroatoms. The second kappa shape index (κ2) is 6.95. The molecule has 0 radical (unpaired) electrons. The summed E-state index contributed by atoms with van der Waals surface area (Å²) in [6.07, 6.45) is 2.03. The number of hydrogen-bond acceptors (Lipinski definition) is 3. The highest BCUT2D eigenvalue weighted by Crippen LogP contribution is 2.36. The molecule has 2 aromatic rings. The average molecular weight is 325 g/mol. The molecule has 1 saturated heterocycles. The molecule has 1 aliphatic heterocycles. The number of aryl methyl sites for hydroxylation is 1. The van der Waals surface area contributed by atoms with E-state index in [1.807, 2.05) is 17.0 Å². The molecule has 1 fully saturated rings. The van der Waals surface area contributed by atoms with Crippen molar-refractivity contribution >= 4 is 5.91 Å². The van der Waals surface area contributed by atoms with Crippen LogP contribution in [0.3, 0.4) is 0 Å². The average Bonchev–Trinajstić information content (AvgIpc) is 3.10. The smallest absolute Gasteiger partial charge is 0.254 e. The van der Waals surface area contributed by atoms with Gasteiger partial charge in [-0.15, -0.1) is 0 Å². The molecule has 4 nitrogen and oxygen atoms in total. The van der Waals surface area contributed by atoms with E-state index in [0.717, 1.165) is 19.4 Å². The van der Waals surface area contributed by atoms with Crippen molar-refractivity contribution in [1.82, 2.24) is 4.90 Å². The van der Waals surface area contributed by atoms with Gasteiger partial charge in [0.05, 0.1) is 20.3 Å². The third-order valence-electron chi connectivity index (χ3n) is 4.69. The Morgan fingerprint density at radius 3 is 2.54 bits per heavy atom. The van der Waals surface area contributed by atoms with Crippen molar-refractivity contribution < 1.29 is 14.3 Å². The number of ether oxygens (including phenoxy) is 2. The Labute approximate surface area is 143 Å². The van der Waals surface area contributed by atoms with Gasteiger partial charge < -0.3 is 14.4 Å². The SMILES string of the molecule is COc1ccc(C(=O)N2CCCC2c2ccccc2C)cc1OC. The molecule has 1 aliphatic rings. The number of benzene rings is 2. The molecule has 24 heavy (non-hydrogen) atoms. The lowest BCUT2D eigenvalue weighted by Gasteiger charge is -2.26. The van der Waals surface area contributed by atoms with Gasteiger partial charge in [-0.3, -0.25) is 4.79 Å². The van der Waals surface area contributed by atoms with Gasteiger partial charge in [0.25, 0.3) is 5.91 Å². The monoisotopic (exact) mass is 325 g/mol. The highest BCUT2D eigenvalue weighted by Gasteiger charge is 2.31. The summed E-state index contributed by atoms with van der Waals surface area (Å²) in [6.45, 7) is 2.89. The van der Waals surface area contributed by atoms with Crippen LogP contribution in [0.5, 0.6) is 11.5 Å². The molecule has 1 atom stereocenters. The van der Waals surface area contributed by atoms with E-state index in [0.29, 0.717) is 17.1 Å². The summed E-state index contributed by atoms with van der Waals surface area (Å²) in [5.41, 5.74) is 3.10. The molecular formula is C20H23NO3. The largest absolute Gasteiger partial charge is 0.493 e. The maximum Gasteiger partial charge on any atom is 0.254 e. The Bertz CT molecular complexity index is 741. The van der Waals surface area contributed by atoms with Crippen molar-refractivity contribution in [3.8, 4) is 11.5 Å². The number of hydrogen-bond donors (Lipinski definition) is 0. The molecular weight excluding hydrogens is 302 g/mol. The number of methoxy groups -OCH3 is 2. The predicted molar refractivity (Wildman–Crippen MR) is 93.7 cm³/mol. The minimum absolute atomic E-state index is 0.0432. The predicted octanol–water partition coefficient (Wildman–Crippen LogP) is 3.99. The van der Waals surface area contributed by atoms with Gasteiger partial charge >= 0.3 is 0 Å². The fourth-order valence-corrected chi connectivity index (χ4v) is 3.43. The van der Waals surface area contributed by atoms with Gasteiger partial charge in [-0.05, 0) is 49.1 Å². The normalized spacial score (nSPS) is 17.0. The highest BCUT2D eigenvalue weighted by atomic mass is 16.5. The fourth-order valence-electron chi connectivity index (χ4n) is 3.43. The van der Waals surface area contributed by atoms with Gasteiger partial charge in [-0.1, -0.05) is 24.3 Å². The van der Waals surface area contributed by atoms with Gasteiger partial charge in [0.2, 0.25) is 0 Å². The van der Waals surface area contributed by atoms with E-state index >= 15 is 0 Å². The molecule has 3 rings (SSSR count).